The van der Waals surface area contributed by atoms with E-state index in [2.05, 4.69) is 32.1 Å². The van der Waals surface area contributed by atoms with Crippen molar-refractivity contribution in [1.29, 1.82) is 0 Å². The topological polar surface area (TPSA) is 9.23 Å². The Morgan fingerprint density at radius 3 is 2.25 bits per heavy atom. The Morgan fingerprint density at radius 1 is 0.833 bits per heavy atom. The molecule has 2 aliphatic rings. The number of benzene rings is 1. The molecule has 36 heavy (non-hydrogen) atoms. The Kier molecular flexibility index (Phi) is 13.1. The van der Waals surface area contributed by atoms with Gasteiger partial charge in [-0.05, 0) is 74.0 Å². The van der Waals surface area contributed by atoms with E-state index in [0.29, 0.717) is 18.1 Å². The minimum atomic E-state index is -0.846. The van der Waals surface area contributed by atoms with E-state index in [0.717, 1.165) is 62.4 Å². The minimum Gasteiger partial charge on any atom is -0.490 e. The number of allylic oxidation sites excluding steroid dienone is 4. The first-order chi connectivity index (χ1) is 17.6. The normalized spacial score (nSPS) is 22.7. The summed E-state index contributed by atoms with van der Waals surface area (Å²) in [5.74, 6) is 0.846. The van der Waals surface area contributed by atoms with Gasteiger partial charge < -0.3 is 4.74 Å². The van der Waals surface area contributed by atoms with Crippen molar-refractivity contribution in [2.75, 3.05) is 6.61 Å². The highest BCUT2D eigenvalue weighted by Gasteiger charge is 2.21. The van der Waals surface area contributed by atoms with Crippen LogP contribution in [0.15, 0.2) is 30.4 Å². The smallest absolute Gasteiger partial charge is 0.201 e. The van der Waals surface area contributed by atoms with Gasteiger partial charge in [-0.25, -0.2) is 4.39 Å². The second kappa shape index (κ2) is 16.3. The van der Waals surface area contributed by atoms with Crippen LogP contribution in [0.25, 0.3) is 5.57 Å². The van der Waals surface area contributed by atoms with Crippen molar-refractivity contribution < 1.29 is 13.5 Å². The van der Waals surface area contributed by atoms with Crippen molar-refractivity contribution in [1.82, 2.24) is 0 Å². The molecule has 0 aromatic heterocycles. The van der Waals surface area contributed by atoms with Crippen molar-refractivity contribution in [3.05, 3.63) is 47.6 Å². The Bertz CT molecular complexity index is 819. The number of unbranched alkanes of at least 4 members (excludes halogenated alkanes) is 5. The molecule has 2 aliphatic carbocycles. The van der Waals surface area contributed by atoms with Crippen LogP contribution in [-0.2, 0) is 0 Å². The maximum absolute atomic E-state index is 14.8. The molecule has 0 heterocycles. The molecule has 3 rings (SSSR count). The summed E-state index contributed by atoms with van der Waals surface area (Å²) in [5, 5.41) is 0. The number of rotatable bonds is 15. The number of hydrogen-bond donors (Lipinski definition) is 0. The minimum absolute atomic E-state index is 0.0370. The third-order valence-corrected chi connectivity index (χ3v) is 8.43. The van der Waals surface area contributed by atoms with Crippen LogP contribution >= 0.6 is 0 Å². The summed E-state index contributed by atoms with van der Waals surface area (Å²) in [7, 11) is 0. The number of ether oxygens (including phenoxy) is 1. The molecule has 1 saturated carbocycles. The quantitative estimate of drug-likeness (QED) is 0.172. The molecule has 1 unspecified atom stereocenters. The highest BCUT2D eigenvalue weighted by Crippen LogP contribution is 2.36. The molecule has 1 aromatic rings. The predicted molar refractivity (Wildman–Crippen MR) is 149 cm³/mol. The molecule has 0 saturated heterocycles. The lowest BCUT2D eigenvalue weighted by atomic mass is 9.78. The molecule has 0 spiro atoms. The highest BCUT2D eigenvalue weighted by atomic mass is 19.2. The standard InChI is InChI=1S/C33H50F2O/c1-3-5-7-11-25-36-31-24-23-30(32(34)33(31)35)29-21-19-28(20-22-29)14-10-9-13-27-17-15-26(16-18-27)12-8-6-4-2/h10,14,21,23-24,26-28H,3-9,11-13,15-20,22,25H2,1-2H3. The molecule has 0 amide bonds. The SMILES string of the molecule is CCCCCCOc1ccc(C2=CCC(C=CCCC3CCC(CCCCC)CC3)CC2)c(F)c1F. The summed E-state index contributed by atoms with van der Waals surface area (Å²) in [6.45, 7) is 4.88. The van der Waals surface area contributed by atoms with Gasteiger partial charge >= 0.3 is 0 Å². The van der Waals surface area contributed by atoms with Crippen molar-refractivity contribution in [2.24, 2.45) is 17.8 Å². The van der Waals surface area contributed by atoms with Gasteiger partial charge in [-0.15, -0.1) is 0 Å². The maximum atomic E-state index is 14.8. The first-order valence-corrected chi connectivity index (χ1v) is 15.1. The Balaban J connectivity index is 1.38. The molecule has 0 bridgehead atoms. The molecule has 0 radical (unpaired) electrons. The van der Waals surface area contributed by atoms with Crippen LogP contribution < -0.4 is 4.74 Å². The second-order valence-electron chi connectivity index (χ2n) is 11.3. The van der Waals surface area contributed by atoms with Crippen molar-refractivity contribution in [2.45, 2.75) is 123 Å². The zero-order chi connectivity index (χ0) is 25.6. The van der Waals surface area contributed by atoms with Gasteiger partial charge in [-0.1, -0.05) is 103 Å². The van der Waals surface area contributed by atoms with Crippen LogP contribution in [0.3, 0.4) is 0 Å². The Labute approximate surface area is 219 Å². The fourth-order valence-corrected chi connectivity index (χ4v) is 5.99. The molecular formula is C33H50F2O. The van der Waals surface area contributed by atoms with E-state index in [1.807, 2.05) is 0 Å². The van der Waals surface area contributed by atoms with Crippen LogP contribution in [-0.4, -0.2) is 6.61 Å². The molecular weight excluding hydrogens is 450 g/mol. The number of halogens is 2. The first kappa shape index (κ1) is 28.9. The van der Waals surface area contributed by atoms with Crippen LogP contribution in [0, 0.1) is 29.4 Å². The largest absolute Gasteiger partial charge is 0.490 e. The van der Waals surface area contributed by atoms with Crippen LogP contribution in [0.2, 0.25) is 0 Å². The first-order valence-electron chi connectivity index (χ1n) is 15.1. The van der Waals surface area contributed by atoms with Gasteiger partial charge in [0.2, 0.25) is 5.82 Å². The van der Waals surface area contributed by atoms with Gasteiger partial charge in [0.15, 0.2) is 11.6 Å². The van der Waals surface area contributed by atoms with Gasteiger partial charge in [0.05, 0.1) is 6.61 Å². The third-order valence-electron chi connectivity index (χ3n) is 8.43. The zero-order valence-corrected chi connectivity index (χ0v) is 23.0. The van der Waals surface area contributed by atoms with Gasteiger partial charge in [0.1, 0.15) is 0 Å². The van der Waals surface area contributed by atoms with Gasteiger partial charge in [0, 0.05) is 5.56 Å². The van der Waals surface area contributed by atoms with Gasteiger partial charge in [-0.3, -0.25) is 0 Å². The summed E-state index contributed by atoms with van der Waals surface area (Å²) in [5.41, 5.74) is 1.33. The fourth-order valence-electron chi connectivity index (χ4n) is 5.99. The predicted octanol–water partition coefficient (Wildman–Crippen LogP) is 10.8. The van der Waals surface area contributed by atoms with E-state index in [1.54, 1.807) is 12.1 Å². The van der Waals surface area contributed by atoms with E-state index in [9.17, 15) is 8.78 Å². The van der Waals surface area contributed by atoms with Gasteiger partial charge in [0.25, 0.3) is 0 Å². The Morgan fingerprint density at radius 2 is 1.56 bits per heavy atom. The second-order valence-corrected chi connectivity index (χ2v) is 11.3. The third kappa shape index (κ3) is 9.34. The molecule has 1 aromatic carbocycles. The van der Waals surface area contributed by atoms with Crippen LogP contribution in [0.4, 0.5) is 8.78 Å². The molecule has 3 heteroatoms. The summed E-state index contributed by atoms with van der Waals surface area (Å²) in [6.07, 6.45) is 27.6. The van der Waals surface area contributed by atoms with Crippen LogP contribution in [0.1, 0.15) is 129 Å². The molecule has 0 aliphatic heterocycles. The maximum Gasteiger partial charge on any atom is 0.201 e. The molecule has 1 fully saturated rings. The van der Waals surface area contributed by atoms with Crippen molar-refractivity contribution >= 4 is 5.57 Å². The van der Waals surface area contributed by atoms with Gasteiger partial charge in [-0.2, -0.15) is 4.39 Å². The number of hydrogen-bond acceptors (Lipinski definition) is 1. The van der Waals surface area contributed by atoms with E-state index < -0.39 is 11.6 Å². The summed E-state index contributed by atoms with van der Waals surface area (Å²) < 4.78 is 34.9. The molecule has 1 nitrogen and oxygen atoms in total. The molecule has 1 atom stereocenters. The van der Waals surface area contributed by atoms with Crippen LogP contribution in [0.5, 0.6) is 5.75 Å². The monoisotopic (exact) mass is 500 g/mol. The lowest BCUT2D eigenvalue weighted by Crippen LogP contribution is -2.14. The highest BCUT2D eigenvalue weighted by molar-refractivity contribution is 5.67. The average Bonchev–Trinajstić information content (AvgIpc) is 2.90. The van der Waals surface area contributed by atoms with E-state index >= 15 is 0 Å². The Hall–Kier alpha value is -1.64. The average molecular weight is 501 g/mol. The lowest BCUT2D eigenvalue weighted by molar-refractivity contribution is 0.250. The fraction of sp³-hybridized carbons (Fsp3) is 0.697. The van der Waals surface area contributed by atoms with E-state index in [-0.39, 0.29) is 5.75 Å². The molecule has 202 valence electrons. The summed E-state index contributed by atoms with van der Waals surface area (Å²) >= 11 is 0. The molecule has 0 N–H and O–H groups in total. The summed E-state index contributed by atoms with van der Waals surface area (Å²) in [4.78, 5) is 0. The summed E-state index contributed by atoms with van der Waals surface area (Å²) in [6, 6.07) is 3.29. The lowest BCUT2D eigenvalue weighted by Gasteiger charge is -2.28. The van der Waals surface area contributed by atoms with E-state index in [1.165, 1.54) is 64.2 Å². The van der Waals surface area contributed by atoms with E-state index in [4.69, 9.17) is 4.74 Å². The zero-order valence-electron chi connectivity index (χ0n) is 23.0. The van der Waals surface area contributed by atoms with Crippen molar-refractivity contribution in [3.63, 3.8) is 0 Å². The van der Waals surface area contributed by atoms with Crippen molar-refractivity contribution in [3.8, 4) is 5.75 Å².